The van der Waals surface area contributed by atoms with Gasteiger partial charge in [-0.1, -0.05) is 109 Å². The summed E-state index contributed by atoms with van der Waals surface area (Å²) < 4.78 is 0.584. The van der Waals surface area contributed by atoms with E-state index in [1.807, 2.05) is 60.7 Å². The smallest absolute Gasteiger partial charge is 0.267 e. The van der Waals surface area contributed by atoms with Gasteiger partial charge in [-0.2, -0.15) is 0 Å². The number of benzene rings is 2. The Morgan fingerprint density at radius 1 is 0.650 bits per heavy atom. The van der Waals surface area contributed by atoms with E-state index in [0.29, 0.717) is 34.6 Å². The molecule has 2 N–H and O–H groups in total. The van der Waals surface area contributed by atoms with Crippen LogP contribution in [0.15, 0.2) is 70.5 Å². The van der Waals surface area contributed by atoms with Crippen molar-refractivity contribution in [2.24, 2.45) is 0 Å². The van der Waals surface area contributed by atoms with E-state index >= 15 is 0 Å². The molecule has 0 saturated carbocycles. The van der Waals surface area contributed by atoms with Gasteiger partial charge in [-0.15, -0.1) is 0 Å². The van der Waals surface area contributed by atoms with E-state index in [9.17, 15) is 19.2 Å². The standard InChI is InChI=1S/C28H28N4O4S4/c33-21(29-15-11-19-7-3-1-4-8-19)13-17-31-25(35)23(39-27(31)37)24-26(36)32(28(38)40-24)18-14-22(34)30-16-12-20-9-5-2-6-10-20/h1-10H,11-18H2,(H,29,33)(H,30,34)/b24-23+. The van der Waals surface area contributed by atoms with E-state index in [0.717, 1.165) is 34.7 Å². The zero-order valence-corrected chi connectivity index (χ0v) is 24.9. The minimum absolute atomic E-state index is 0.0921. The SMILES string of the molecule is O=C(CCN1C(=O)/C(=C2\SC(=S)N(CCC(=O)NCCc3ccccc3)C2=O)SC1=S)NCCc1ccccc1. The summed E-state index contributed by atoms with van der Waals surface area (Å²) in [6.45, 7) is 1.23. The van der Waals surface area contributed by atoms with Crippen molar-refractivity contribution in [1.82, 2.24) is 20.4 Å². The molecule has 0 aromatic heterocycles. The lowest BCUT2D eigenvalue weighted by Crippen LogP contribution is -2.35. The summed E-state index contributed by atoms with van der Waals surface area (Å²) in [6.07, 6.45) is 1.61. The molecule has 2 heterocycles. The van der Waals surface area contributed by atoms with Crippen LogP contribution < -0.4 is 10.6 Å². The Kier molecular flexibility index (Phi) is 10.9. The van der Waals surface area contributed by atoms with E-state index in [-0.39, 0.29) is 47.6 Å². The summed E-state index contributed by atoms with van der Waals surface area (Å²) >= 11 is 12.8. The van der Waals surface area contributed by atoms with Crippen molar-refractivity contribution in [2.45, 2.75) is 25.7 Å². The molecule has 8 nitrogen and oxygen atoms in total. The molecule has 0 spiro atoms. The third-order valence-electron chi connectivity index (χ3n) is 6.19. The van der Waals surface area contributed by atoms with Gasteiger partial charge in [0, 0.05) is 39.0 Å². The van der Waals surface area contributed by atoms with Crippen LogP contribution in [0.1, 0.15) is 24.0 Å². The van der Waals surface area contributed by atoms with Crippen molar-refractivity contribution in [3.63, 3.8) is 0 Å². The lowest BCUT2D eigenvalue weighted by atomic mass is 10.1. The molecule has 2 aliphatic heterocycles. The summed E-state index contributed by atoms with van der Waals surface area (Å²) in [7, 11) is 0. The first kappa shape index (κ1) is 29.9. The summed E-state index contributed by atoms with van der Waals surface area (Å²) in [5.74, 6) is -1.19. The first-order chi connectivity index (χ1) is 19.3. The molecule has 0 unspecified atom stereocenters. The number of nitrogens with one attached hydrogen (secondary N) is 2. The molecule has 40 heavy (non-hydrogen) atoms. The molecule has 0 bridgehead atoms. The predicted octanol–water partition coefficient (Wildman–Crippen LogP) is 3.42. The molecule has 2 fully saturated rings. The van der Waals surface area contributed by atoms with Crippen molar-refractivity contribution in [2.75, 3.05) is 26.2 Å². The number of thiocarbonyl (C=S) groups is 2. The first-order valence-corrected chi connectivity index (χ1v) is 15.2. The number of hydrogen-bond acceptors (Lipinski definition) is 8. The highest BCUT2D eigenvalue weighted by molar-refractivity contribution is 8.29. The lowest BCUT2D eigenvalue weighted by Gasteiger charge is -2.14. The molecule has 0 radical (unpaired) electrons. The van der Waals surface area contributed by atoms with Gasteiger partial charge < -0.3 is 10.6 Å². The largest absolute Gasteiger partial charge is 0.356 e. The third-order valence-corrected chi connectivity index (χ3v) is 9.21. The number of rotatable bonds is 12. The van der Waals surface area contributed by atoms with Gasteiger partial charge in [-0.05, 0) is 24.0 Å². The monoisotopic (exact) mass is 612 g/mol. The Labute approximate surface area is 252 Å². The van der Waals surface area contributed by atoms with Gasteiger partial charge in [0.2, 0.25) is 11.8 Å². The van der Waals surface area contributed by atoms with Gasteiger partial charge in [-0.3, -0.25) is 29.0 Å². The number of thioether (sulfide) groups is 2. The summed E-state index contributed by atoms with van der Waals surface area (Å²) in [5, 5.41) is 5.72. The Balaban J connectivity index is 1.24. The van der Waals surface area contributed by atoms with Gasteiger partial charge in [-0.25, -0.2) is 0 Å². The first-order valence-electron chi connectivity index (χ1n) is 12.8. The van der Waals surface area contributed by atoms with Crippen LogP contribution >= 0.6 is 48.0 Å². The molecule has 0 atom stereocenters. The van der Waals surface area contributed by atoms with E-state index in [1.165, 1.54) is 9.80 Å². The number of nitrogens with zero attached hydrogens (tertiary/aromatic N) is 2. The average Bonchev–Trinajstić information content (AvgIpc) is 3.40. The number of carbonyl (C=O) groups is 4. The topological polar surface area (TPSA) is 98.8 Å². The Hall–Kier alpha value is -3.06. The van der Waals surface area contributed by atoms with Crippen LogP contribution in [-0.2, 0) is 32.0 Å². The predicted molar refractivity (Wildman–Crippen MR) is 166 cm³/mol. The average molecular weight is 613 g/mol. The van der Waals surface area contributed by atoms with Gasteiger partial charge in [0.05, 0.1) is 9.81 Å². The third kappa shape index (κ3) is 8.00. The quantitative estimate of drug-likeness (QED) is 0.278. The second-order valence-electron chi connectivity index (χ2n) is 8.98. The molecule has 2 saturated heterocycles. The van der Waals surface area contributed by atoms with Gasteiger partial charge >= 0.3 is 0 Å². The minimum atomic E-state index is -0.411. The Morgan fingerprint density at radius 2 is 1.02 bits per heavy atom. The number of carbonyl (C=O) groups excluding carboxylic acids is 4. The molecule has 4 rings (SSSR count). The van der Waals surface area contributed by atoms with Crippen molar-refractivity contribution in [3.05, 3.63) is 81.6 Å². The van der Waals surface area contributed by atoms with Crippen LogP contribution in [0, 0.1) is 0 Å². The summed E-state index contributed by atoms with van der Waals surface area (Å²) in [5.41, 5.74) is 2.25. The highest BCUT2D eigenvalue weighted by Crippen LogP contribution is 2.42. The van der Waals surface area contributed by atoms with Crippen LogP contribution in [0.2, 0.25) is 0 Å². The van der Waals surface area contributed by atoms with Crippen molar-refractivity contribution in [1.29, 1.82) is 0 Å². The normalized spacial score (nSPS) is 17.1. The molecule has 12 heteroatoms. The Morgan fingerprint density at radius 3 is 1.40 bits per heavy atom. The molecular formula is C28H28N4O4S4. The van der Waals surface area contributed by atoms with Gasteiger partial charge in [0.25, 0.3) is 11.8 Å². The summed E-state index contributed by atoms with van der Waals surface area (Å²) in [6, 6.07) is 19.7. The number of hydrogen-bond donors (Lipinski definition) is 2. The fourth-order valence-corrected chi connectivity index (χ4v) is 6.81. The molecule has 4 amide bonds. The van der Waals surface area contributed by atoms with Crippen LogP contribution in [0.4, 0.5) is 0 Å². The second kappa shape index (κ2) is 14.5. The van der Waals surface area contributed by atoms with Crippen LogP contribution in [0.3, 0.4) is 0 Å². The molecule has 208 valence electrons. The van der Waals surface area contributed by atoms with E-state index in [2.05, 4.69) is 10.6 Å². The summed E-state index contributed by atoms with van der Waals surface area (Å²) in [4.78, 5) is 54.0. The maximum atomic E-state index is 13.1. The molecule has 0 aliphatic carbocycles. The minimum Gasteiger partial charge on any atom is -0.356 e. The molecule has 2 aromatic carbocycles. The van der Waals surface area contributed by atoms with Crippen molar-refractivity contribution < 1.29 is 19.2 Å². The van der Waals surface area contributed by atoms with E-state index in [4.69, 9.17) is 24.4 Å². The van der Waals surface area contributed by atoms with Crippen LogP contribution in [0.25, 0.3) is 0 Å². The maximum Gasteiger partial charge on any atom is 0.267 e. The number of amides is 4. The highest BCUT2D eigenvalue weighted by Gasteiger charge is 2.42. The fraction of sp³-hybridized carbons (Fsp3) is 0.286. The Bertz CT molecular complexity index is 1230. The lowest BCUT2D eigenvalue weighted by molar-refractivity contribution is -0.126. The second-order valence-corrected chi connectivity index (χ2v) is 12.3. The van der Waals surface area contributed by atoms with Gasteiger partial charge in [0.1, 0.15) is 8.64 Å². The van der Waals surface area contributed by atoms with Gasteiger partial charge in [0.15, 0.2) is 0 Å². The van der Waals surface area contributed by atoms with Crippen molar-refractivity contribution in [3.8, 4) is 0 Å². The van der Waals surface area contributed by atoms with Crippen LogP contribution in [-0.4, -0.2) is 68.2 Å². The van der Waals surface area contributed by atoms with E-state index < -0.39 is 11.8 Å². The molecule has 2 aliphatic rings. The van der Waals surface area contributed by atoms with E-state index in [1.54, 1.807) is 0 Å². The zero-order valence-electron chi connectivity index (χ0n) is 21.6. The van der Waals surface area contributed by atoms with Crippen molar-refractivity contribution >= 4 is 80.2 Å². The van der Waals surface area contributed by atoms with Crippen LogP contribution in [0.5, 0.6) is 0 Å². The molecule has 2 aromatic rings. The maximum absolute atomic E-state index is 13.1. The fourth-order valence-electron chi connectivity index (χ4n) is 4.04. The zero-order chi connectivity index (χ0) is 28.5. The highest BCUT2D eigenvalue weighted by atomic mass is 32.2. The molecular weight excluding hydrogens is 585 g/mol.